The standard InChI is InChI=1S/C16H19BrClN3/c1-3-19-16-9-8-14(18)15(20-16)11-21(2)10-12-4-6-13(17)7-5-12/h4-9H,3,10-11H2,1-2H3,(H,19,20). The highest BCUT2D eigenvalue weighted by atomic mass is 79.9. The van der Waals surface area contributed by atoms with Crippen LogP contribution in [0.5, 0.6) is 0 Å². The molecule has 112 valence electrons. The predicted molar refractivity (Wildman–Crippen MR) is 92.7 cm³/mol. The van der Waals surface area contributed by atoms with Gasteiger partial charge in [-0.05, 0) is 43.8 Å². The summed E-state index contributed by atoms with van der Waals surface area (Å²) in [6, 6.07) is 12.1. The van der Waals surface area contributed by atoms with Gasteiger partial charge >= 0.3 is 0 Å². The maximum Gasteiger partial charge on any atom is 0.126 e. The number of aromatic nitrogens is 1. The normalized spacial score (nSPS) is 10.9. The van der Waals surface area contributed by atoms with Gasteiger partial charge in [-0.3, -0.25) is 4.90 Å². The second-order valence-electron chi connectivity index (χ2n) is 4.95. The zero-order valence-electron chi connectivity index (χ0n) is 12.2. The molecule has 0 unspecified atom stereocenters. The Bertz CT molecular complexity index is 587. The highest BCUT2D eigenvalue weighted by Gasteiger charge is 2.08. The van der Waals surface area contributed by atoms with Crippen LogP contribution in [0.1, 0.15) is 18.2 Å². The van der Waals surface area contributed by atoms with Crippen LogP contribution in [0.2, 0.25) is 5.02 Å². The maximum absolute atomic E-state index is 6.24. The third-order valence-corrected chi connectivity index (χ3v) is 3.93. The van der Waals surface area contributed by atoms with Crippen LogP contribution in [0.4, 0.5) is 5.82 Å². The number of nitrogens with zero attached hydrogens (tertiary/aromatic N) is 2. The van der Waals surface area contributed by atoms with Crippen molar-refractivity contribution in [2.45, 2.75) is 20.0 Å². The average Bonchev–Trinajstić information content (AvgIpc) is 2.45. The molecule has 3 nitrogen and oxygen atoms in total. The molecular formula is C16H19BrClN3. The summed E-state index contributed by atoms with van der Waals surface area (Å²) in [5.74, 6) is 0.869. The van der Waals surface area contributed by atoms with Crippen molar-refractivity contribution in [3.05, 3.63) is 57.2 Å². The zero-order chi connectivity index (χ0) is 15.2. The first-order valence-corrected chi connectivity index (χ1v) is 8.08. The van der Waals surface area contributed by atoms with E-state index in [-0.39, 0.29) is 0 Å². The molecule has 0 atom stereocenters. The number of hydrogen-bond donors (Lipinski definition) is 1. The Morgan fingerprint density at radius 3 is 2.52 bits per heavy atom. The van der Waals surface area contributed by atoms with E-state index in [2.05, 4.69) is 69.4 Å². The SMILES string of the molecule is CCNc1ccc(Cl)c(CN(C)Cc2ccc(Br)cc2)n1. The molecule has 21 heavy (non-hydrogen) atoms. The zero-order valence-corrected chi connectivity index (χ0v) is 14.6. The van der Waals surface area contributed by atoms with Crippen molar-refractivity contribution in [2.24, 2.45) is 0 Å². The molecule has 1 N–H and O–H groups in total. The molecule has 1 aromatic heterocycles. The molecule has 0 aliphatic carbocycles. The molecule has 0 saturated carbocycles. The van der Waals surface area contributed by atoms with Crippen LogP contribution in [-0.4, -0.2) is 23.5 Å². The van der Waals surface area contributed by atoms with E-state index in [0.717, 1.165) is 29.1 Å². The van der Waals surface area contributed by atoms with E-state index in [1.54, 1.807) is 0 Å². The number of hydrogen-bond acceptors (Lipinski definition) is 3. The smallest absolute Gasteiger partial charge is 0.126 e. The van der Waals surface area contributed by atoms with E-state index in [1.165, 1.54) is 5.56 Å². The number of halogens is 2. The fourth-order valence-corrected chi connectivity index (χ4v) is 2.52. The monoisotopic (exact) mass is 367 g/mol. The molecule has 1 aromatic carbocycles. The lowest BCUT2D eigenvalue weighted by molar-refractivity contribution is 0.315. The molecule has 0 spiro atoms. The Kier molecular flexibility index (Phi) is 6.03. The molecule has 0 aliphatic rings. The molecule has 0 bridgehead atoms. The van der Waals surface area contributed by atoms with E-state index in [1.807, 2.05) is 12.1 Å². The van der Waals surface area contributed by atoms with Crippen LogP contribution >= 0.6 is 27.5 Å². The predicted octanol–water partition coefficient (Wildman–Crippen LogP) is 4.56. The van der Waals surface area contributed by atoms with Gasteiger partial charge < -0.3 is 5.32 Å². The first-order chi connectivity index (χ1) is 10.1. The molecular weight excluding hydrogens is 350 g/mol. The molecule has 2 aromatic rings. The molecule has 5 heteroatoms. The molecule has 1 heterocycles. The lowest BCUT2D eigenvalue weighted by Gasteiger charge is -2.17. The first-order valence-electron chi connectivity index (χ1n) is 6.90. The summed E-state index contributed by atoms with van der Waals surface area (Å²) in [5, 5.41) is 3.92. The van der Waals surface area contributed by atoms with Crippen molar-refractivity contribution < 1.29 is 0 Å². The minimum absolute atomic E-state index is 0.708. The summed E-state index contributed by atoms with van der Waals surface area (Å²) >= 11 is 9.69. The van der Waals surface area contributed by atoms with Crippen LogP contribution in [0.3, 0.4) is 0 Å². The van der Waals surface area contributed by atoms with E-state index < -0.39 is 0 Å². The molecule has 0 saturated heterocycles. The number of nitrogens with one attached hydrogen (secondary N) is 1. The Labute approximate surface area is 139 Å². The fraction of sp³-hybridized carbons (Fsp3) is 0.312. The van der Waals surface area contributed by atoms with Crippen LogP contribution in [0, 0.1) is 0 Å². The molecule has 0 amide bonds. The van der Waals surface area contributed by atoms with Gasteiger partial charge in [-0.25, -0.2) is 4.98 Å². The summed E-state index contributed by atoms with van der Waals surface area (Å²) in [7, 11) is 2.07. The van der Waals surface area contributed by atoms with Crippen molar-refractivity contribution in [1.29, 1.82) is 0 Å². The lowest BCUT2D eigenvalue weighted by atomic mass is 10.2. The van der Waals surface area contributed by atoms with Gasteiger partial charge in [0.25, 0.3) is 0 Å². The van der Waals surface area contributed by atoms with Crippen LogP contribution < -0.4 is 5.32 Å². The second-order valence-corrected chi connectivity index (χ2v) is 6.28. The van der Waals surface area contributed by atoms with Crippen molar-refractivity contribution in [3.8, 4) is 0 Å². The van der Waals surface area contributed by atoms with Gasteiger partial charge in [0.05, 0.1) is 10.7 Å². The summed E-state index contributed by atoms with van der Waals surface area (Å²) in [6.45, 7) is 4.48. The van der Waals surface area contributed by atoms with Gasteiger partial charge in [-0.1, -0.05) is 39.7 Å². The van der Waals surface area contributed by atoms with Gasteiger partial charge in [0, 0.05) is 24.1 Å². The van der Waals surface area contributed by atoms with Gasteiger partial charge in [-0.15, -0.1) is 0 Å². The highest BCUT2D eigenvalue weighted by molar-refractivity contribution is 9.10. The maximum atomic E-state index is 6.24. The van der Waals surface area contributed by atoms with E-state index >= 15 is 0 Å². The first kappa shape index (κ1) is 16.3. The van der Waals surface area contributed by atoms with Crippen LogP contribution in [0.15, 0.2) is 40.9 Å². The van der Waals surface area contributed by atoms with E-state index in [4.69, 9.17) is 11.6 Å². The minimum atomic E-state index is 0.708. The van der Waals surface area contributed by atoms with Gasteiger partial charge in [0.1, 0.15) is 5.82 Å². The second kappa shape index (κ2) is 7.78. The fourth-order valence-electron chi connectivity index (χ4n) is 2.09. The molecule has 0 fully saturated rings. The average molecular weight is 369 g/mol. The van der Waals surface area contributed by atoms with Crippen LogP contribution in [-0.2, 0) is 13.1 Å². The molecule has 0 radical (unpaired) electrons. The van der Waals surface area contributed by atoms with E-state index in [9.17, 15) is 0 Å². The van der Waals surface area contributed by atoms with Gasteiger partial charge in [0.15, 0.2) is 0 Å². The number of benzene rings is 1. The number of pyridine rings is 1. The number of anilines is 1. The van der Waals surface area contributed by atoms with E-state index in [0.29, 0.717) is 11.6 Å². The quantitative estimate of drug-likeness (QED) is 0.810. The third kappa shape index (κ3) is 4.99. The van der Waals surface area contributed by atoms with Gasteiger partial charge in [-0.2, -0.15) is 0 Å². The van der Waals surface area contributed by atoms with Crippen molar-refractivity contribution >= 4 is 33.3 Å². The van der Waals surface area contributed by atoms with Crippen LogP contribution in [0.25, 0.3) is 0 Å². The largest absolute Gasteiger partial charge is 0.370 e. The Morgan fingerprint density at radius 1 is 1.14 bits per heavy atom. The summed E-state index contributed by atoms with van der Waals surface area (Å²) < 4.78 is 1.09. The third-order valence-electron chi connectivity index (χ3n) is 3.06. The summed E-state index contributed by atoms with van der Waals surface area (Å²) in [6.07, 6.45) is 0. The van der Waals surface area contributed by atoms with Crippen molar-refractivity contribution in [3.63, 3.8) is 0 Å². The lowest BCUT2D eigenvalue weighted by Crippen LogP contribution is -2.18. The Balaban J connectivity index is 2.03. The van der Waals surface area contributed by atoms with Crippen molar-refractivity contribution in [2.75, 3.05) is 18.9 Å². The summed E-state index contributed by atoms with van der Waals surface area (Å²) in [5.41, 5.74) is 2.16. The Hall–Kier alpha value is -1.10. The van der Waals surface area contributed by atoms with Crippen molar-refractivity contribution in [1.82, 2.24) is 9.88 Å². The minimum Gasteiger partial charge on any atom is -0.370 e. The molecule has 0 aliphatic heterocycles. The summed E-state index contributed by atoms with van der Waals surface area (Å²) in [4.78, 5) is 6.77. The highest BCUT2D eigenvalue weighted by Crippen LogP contribution is 2.19. The van der Waals surface area contributed by atoms with Gasteiger partial charge in [0.2, 0.25) is 0 Å². The number of rotatable bonds is 6. The molecule has 2 rings (SSSR count). The Morgan fingerprint density at radius 2 is 1.86 bits per heavy atom. The topological polar surface area (TPSA) is 28.2 Å².